The van der Waals surface area contributed by atoms with Gasteiger partial charge in [0.2, 0.25) is 0 Å². The van der Waals surface area contributed by atoms with Crippen molar-refractivity contribution in [1.29, 1.82) is 5.26 Å². The number of para-hydroxylation sites is 3. The number of benzene rings is 2. The van der Waals surface area contributed by atoms with Crippen LogP contribution in [0.5, 0.6) is 0 Å². The Morgan fingerprint density at radius 3 is 2.58 bits per heavy atom. The third kappa shape index (κ3) is 4.28. The molecule has 2 aromatic carbocycles. The van der Waals surface area contributed by atoms with Crippen LogP contribution < -0.4 is 5.56 Å². The number of rotatable bonds is 6. The van der Waals surface area contributed by atoms with Crippen LogP contribution in [0, 0.1) is 11.3 Å². The van der Waals surface area contributed by atoms with Crippen LogP contribution in [0.15, 0.2) is 59.1 Å². The smallest absolute Gasteiger partial charge is 0.306 e. The first kappa shape index (κ1) is 19.8. The molecule has 0 amide bonds. The zero-order valence-corrected chi connectivity index (χ0v) is 16.3. The molecule has 154 valence electrons. The minimum atomic E-state index is -0.607. The third-order valence-corrected chi connectivity index (χ3v) is 4.62. The van der Waals surface area contributed by atoms with E-state index in [0.717, 1.165) is 0 Å². The SMILES string of the molecule is N#CC(=C(O)COC(=O)CCc1nc2ccccc2c(=O)[nH]1)c1nc2ccccc2[nH]1. The molecule has 0 saturated carbocycles. The highest BCUT2D eigenvalue weighted by molar-refractivity contribution is 5.83. The van der Waals surface area contributed by atoms with Gasteiger partial charge in [-0.1, -0.05) is 24.3 Å². The van der Waals surface area contributed by atoms with Crippen molar-refractivity contribution in [3.8, 4) is 6.07 Å². The van der Waals surface area contributed by atoms with Gasteiger partial charge in [0, 0.05) is 6.42 Å². The lowest BCUT2D eigenvalue weighted by Gasteiger charge is -2.06. The van der Waals surface area contributed by atoms with Crippen molar-refractivity contribution in [2.24, 2.45) is 0 Å². The number of aromatic amines is 2. The molecular weight excluding hydrogens is 398 g/mol. The lowest BCUT2D eigenvalue weighted by molar-refractivity contribution is -0.143. The van der Waals surface area contributed by atoms with Crippen molar-refractivity contribution >= 4 is 33.5 Å². The summed E-state index contributed by atoms with van der Waals surface area (Å²) in [4.78, 5) is 38.3. The van der Waals surface area contributed by atoms with Crippen LogP contribution in [-0.2, 0) is 16.0 Å². The lowest BCUT2D eigenvalue weighted by atomic mass is 10.2. The third-order valence-electron chi connectivity index (χ3n) is 4.62. The number of imidazole rings is 1. The van der Waals surface area contributed by atoms with Gasteiger partial charge in [0.05, 0.1) is 28.4 Å². The van der Waals surface area contributed by atoms with E-state index in [1.807, 2.05) is 18.2 Å². The number of nitrogens with one attached hydrogen (secondary N) is 2. The van der Waals surface area contributed by atoms with Gasteiger partial charge in [0.25, 0.3) is 5.56 Å². The molecule has 3 N–H and O–H groups in total. The molecule has 4 aromatic rings. The van der Waals surface area contributed by atoms with Crippen LogP contribution in [0.4, 0.5) is 0 Å². The highest BCUT2D eigenvalue weighted by Crippen LogP contribution is 2.19. The van der Waals surface area contributed by atoms with Gasteiger partial charge in [0.1, 0.15) is 24.1 Å². The molecule has 9 nitrogen and oxygen atoms in total. The van der Waals surface area contributed by atoms with Crippen LogP contribution in [0.1, 0.15) is 18.1 Å². The van der Waals surface area contributed by atoms with Gasteiger partial charge in [-0.2, -0.15) is 5.26 Å². The molecular formula is C22H17N5O4. The quantitative estimate of drug-likeness (QED) is 0.249. The van der Waals surface area contributed by atoms with Crippen LogP contribution in [0.3, 0.4) is 0 Å². The standard InChI is InChI=1S/C22H17N5O4/c23-11-14(21-25-16-7-3-4-8-17(16)26-21)18(28)12-31-20(29)10-9-19-24-15-6-2-1-5-13(15)22(30)27-19/h1-8,28H,9-10,12H2,(H,25,26)(H,24,27,30). The summed E-state index contributed by atoms with van der Waals surface area (Å²) in [6.07, 6.45) is 0.110. The largest absolute Gasteiger partial charge is 0.507 e. The van der Waals surface area contributed by atoms with Gasteiger partial charge in [-0.3, -0.25) is 9.59 Å². The van der Waals surface area contributed by atoms with E-state index in [1.165, 1.54) is 0 Å². The number of aliphatic hydroxyl groups is 1. The number of carbonyl (C=O) groups is 1. The van der Waals surface area contributed by atoms with E-state index in [0.29, 0.717) is 27.8 Å². The van der Waals surface area contributed by atoms with Crippen LogP contribution >= 0.6 is 0 Å². The topological polar surface area (TPSA) is 145 Å². The summed E-state index contributed by atoms with van der Waals surface area (Å²) in [5.41, 5.74) is 1.52. The van der Waals surface area contributed by atoms with Crippen molar-refractivity contribution < 1.29 is 14.6 Å². The molecule has 0 unspecified atom stereocenters. The fourth-order valence-electron chi connectivity index (χ4n) is 3.09. The number of carbonyl (C=O) groups excluding carboxylic acids is 1. The molecule has 9 heteroatoms. The fraction of sp³-hybridized carbons (Fsp3) is 0.136. The number of hydrogen-bond acceptors (Lipinski definition) is 7. The number of fused-ring (bicyclic) bond motifs is 2. The predicted molar refractivity (Wildman–Crippen MR) is 113 cm³/mol. The van der Waals surface area contributed by atoms with Crippen molar-refractivity contribution in [2.45, 2.75) is 12.8 Å². The van der Waals surface area contributed by atoms with Crippen LogP contribution in [-0.4, -0.2) is 37.6 Å². The number of aliphatic hydroxyl groups excluding tert-OH is 1. The number of nitriles is 1. The summed E-state index contributed by atoms with van der Waals surface area (Å²) in [6, 6.07) is 16.0. The maximum Gasteiger partial charge on any atom is 0.306 e. The Balaban J connectivity index is 1.40. The molecule has 31 heavy (non-hydrogen) atoms. The second kappa shape index (κ2) is 8.51. The monoisotopic (exact) mass is 415 g/mol. The number of allylic oxidation sites excluding steroid dienone is 1. The van der Waals surface area contributed by atoms with E-state index in [4.69, 9.17) is 4.74 Å². The zero-order valence-electron chi connectivity index (χ0n) is 16.3. The molecule has 0 bridgehead atoms. The summed E-state index contributed by atoms with van der Waals surface area (Å²) in [5.74, 6) is -0.466. The Kier molecular flexibility index (Phi) is 5.45. The minimum Gasteiger partial charge on any atom is -0.507 e. The summed E-state index contributed by atoms with van der Waals surface area (Å²) < 4.78 is 5.06. The van der Waals surface area contributed by atoms with E-state index in [1.54, 1.807) is 36.4 Å². The van der Waals surface area contributed by atoms with Gasteiger partial charge >= 0.3 is 5.97 Å². The summed E-state index contributed by atoms with van der Waals surface area (Å²) in [7, 11) is 0. The predicted octanol–water partition coefficient (Wildman–Crippen LogP) is 2.77. The molecule has 0 radical (unpaired) electrons. The number of H-pyrrole nitrogens is 2. The minimum absolute atomic E-state index is 0.0545. The van der Waals surface area contributed by atoms with Crippen molar-refractivity contribution in [3.05, 3.63) is 76.3 Å². The second-order valence-corrected chi connectivity index (χ2v) is 6.73. The molecule has 0 aliphatic carbocycles. The maximum atomic E-state index is 12.1. The average Bonchev–Trinajstić information content (AvgIpc) is 3.20. The number of ether oxygens (including phenoxy) is 1. The Hall–Kier alpha value is -4.45. The molecule has 2 aromatic heterocycles. The van der Waals surface area contributed by atoms with Gasteiger partial charge in [-0.15, -0.1) is 0 Å². The highest BCUT2D eigenvalue weighted by Gasteiger charge is 2.15. The second-order valence-electron chi connectivity index (χ2n) is 6.73. The molecule has 0 atom stereocenters. The maximum absolute atomic E-state index is 12.1. The number of aryl methyl sites for hydroxylation is 1. The summed E-state index contributed by atoms with van der Waals surface area (Å²) >= 11 is 0. The van der Waals surface area contributed by atoms with Crippen molar-refractivity contribution in [1.82, 2.24) is 19.9 Å². The van der Waals surface area contributed by atoms with E-state index in [9.17, 15) is 20.0 Å². The summed E-state index contributed by atoms with van der Waals surface area (Å²) in [6.45, 7) is -0.472. The summed E-state index contributed by atoms with van der Waals surface area (Å²) in [5, 5.41) is 20.1. The Labute approximate surface area is 175 Å². The molecule has 4 rings (SSSR count). The van der Waals surface area contributed by atoms with E-state index in [-0.39, 0.29) is 29.8 Å². The Morgan fingerprint density at radius 2 is 1.81 bits per heavy atom. The molecule has 0 spiro atoms. The Bertz CT molecular complexity index is 1380. The number of aromatic nitrogens is 4. The number of esters is 1. The van der Waals surface area contributed by atoms with Gasteiger partial charge in [0.15, 0.2) is 11.6 Å². The number of nitrogens with zero attached hydrogens (tertiary/aromatic N) is 3. The van der Waals surface area contributed by atoms with Gasteiger partial charge < -0.3 is 19.8 Å². The van der Waals surface area contributed by atoms with Crippen molar-refractivity contribution in [2.75, 3.05) is 6.61 Å². The van der Waals surface area contributed by atoms with Crippen LogP contribution in [0.25, 0.3) is 27.5 Å². The first-order valence-corrected chi connectivity index (χ1v) is 9.46. The first-order chi connectivity index (χ1) is 15.0. The van der Waals surface area contributed by atoms with Crippen molar-refractivity contribution in [3.63, 3.8) is 0 Å². The zero-order chi connectivity index (χ0) is 21.8. The van der Waals surface area contributed by atoms with Gasteiger partial charge in [-0.05, 0) is 24.3 Å². The molecule has 0 aliphatic rings. The van der Waals surface area contributed by atoms with E-state index >= 15 is 0 Å². The average molecular weight is 415 g/mol. The molecule has 0 fully saturated rings. The molecule has 0 saturated heterocycles. The van der Waals surface area contributed by atoms with Gasteiger partial charge in [-0.25, -0.2) is 9.97 Å². The fourth-order valence-corrected chi connectivity index (χ4v) is 3.09. The number of hydrogen-bond donors (Lipinski definition) is 3. The first-order valence-electron chi connectivity index (χ1n) is 9.46. The normalized spacial score (nSPS) is 11.8. The van der Waals surface area contributed by atoms with Crippen LogP contribution in [0.2, 0.25) is 0 Å². The lowest BCUT2D eigenvalue weighted by Crippen LogP contribution is -2.14. The Morgan fingerprint density at radius 1 is 1.06 bits per heavy atom. The van der Waals surface area contributed by atoms with E-state index < -0.39 is 18.3 Å². The molecule has 2 heterocycles. The van der Waals surface area contributed by atoms with E-state index in [2.05, 4.69) is 19.9 Å². The molecule has 0 aliphatic heterocycles. The highest BCUT2D eigenvalue weighted by atomic mass is 16.5.